The van der Waals surface area contributed by atoms with Gasteiger partial charge in [-0.15, -0.1) is 0 Å². The summed E-state index contributed by atoms with van der Waals surface area (Å²) in [5, 5.41) is 3.14. The molecule has 1 aliphatic rings. The highest BCUT2D eigenvalue weighted by Crippen LogP contribution is 2.35. The number of benzene rings is 5. The van der Waals surface area contributed by atoms with E-state index in [2.05, 4.69) is 34.5 Å². The molecule has 0 bridgehead atoms. The number of amides is 1. The summed E-state index contributed by atoms with van der Waals surface area (Å²) in [6, 6.07) is 45.0. The Bertz CT molecular complexity index is 1660. The van der Waals surface area contributed by atoms with Gasteiger partial charge in [0, 0.05) is 30.9 Å². The second-order valence-corrected chi connectivity index (χ2v) is 11.2. The van der Waals surface area contributed by atoms with E-state index in [-0.39, 0.29) is 23.5 Å². The third-order valence-electron chi connectivity index (χ3n) is 8.32. The maximum Gasteiger partial charge on any atom is 0.232 e. The van der Waals surface area contributed by atoms with Crippen LogP contribution in [0.5, 0.6) is 11.5 Å². The van der Waals surface area contributed by atoms with Gasteiger partial charge in [-0.25, -0.2) is 0 Å². The summed E-state index contributed by atoms with van der Waals surface area (Å²) in [5.74, 6) is 1.37. The molecule has 44 heavy (non-hydrogen) atoms. The second kappa shape index (κ2) is 13.9. The molecule has 1 saturated heterocycles. The Morgan fingerprint density at radius 3 is 1.98 bits per heavy atom. The monoisotopic (exact) mass is 580 g/mol. The van der Waals surface area contributed by atoms with Crippen LogP contribution in [0.2, 0.25) is 0 Å². The number of anilines is 2. The molecule has 1 amide bonds. The Morgan fingerprint density at radius 2 is 1.30 bits per heavy atom. The van der Waals surface area contributed by atoms with Crippen molar-refractivity contribution in [2.24, 2.45) is 5.92 Å². The van der Waals surface area contributed by atoms with Gasteiger partial charge >= 0.3 is 0 Å². The van der Waals surface area contributed by atoms with E-state index in [9.17, 15) is 9.59 Å². The number of carbonyl (C=O) groups excluding carboxylic acids is 2. The van der Waals surface area contributed by atoms with E-state index in [0.29, 0.717) is 23.5 Å². The predicted molar refractivity (Wildman–Crippen MR) is 177 cm³/mol. The van der Waals surface area contributed by atoms with Crippen LogP contribution >= 0.6 is 0 Å². The summed E-state index contributed by atoms with van der Waals surface area (Å²) in [4.78, 5) is 29.2. The normalized spacial score (nSPS) is 14.0. The Balaban J connectivity index is 1.09. The maximum atomic E-state index is 13.5. The number of ketones is 1. The van der Waals surface area contributed by atoms with E-state index in [1.54, 1.807) is 0 Å². The number of nitrogens with zero attached hydrogens (tertiary/aromatic N) is 1. The van der Waals surface area contributed by atoms with Gasteiger partial charge in [-0.2, -0.15) is 0 Å². The number of ether oxygens (including phenoxy) is 1. The highest BCUT2D eigenvalue weighted by molar-refractivity contribution is 6.00. The van der Waals surface area contributed by atoms with Crippen molar-refractivity contribution in [1.29, 1.82) is 0 Å². The van der Waals surface area contributed by atoms with Crippen LogP contribution in [-0.4, -0.2) is 24.8 Å². The quantitative estimate of drug-likeness (QED) is 0.168. The topological polar surface area (TPSA) is 58.6 Å². The van der Waals surface area contributed by atoms with E-state index < -0.39 is 0 Å². The summed E-state index contributed by atoms with van der Waals surface area (Å²) in [6.07, 6.45) is 2.13. The Morgan fingerprint density at radius 1 is 0.705 bits per heavy atom. The molecule has 0 saturated carbocycles. The molecule has 0 aromatic heterocycles. The van der Waals surface area contributed by atoms with Gasteiger partial charge < -0.3 is 15.0 Å². The van der Waals surface area contributed by atoms with Gasteiger partial charge in [-0.05, 0) is 78.4 Å². The van der Waals surface area contributed by atoms with Crippen LogP contribution in [0.3, 0.4) is 0 Å². The first kappa shape index (κ1) is 28.9. The molecular weight excluding hydrogens is 544 g/mol. The Labute approximate surface area is 259 Å². The first-order valence-corrected chi connectivity index (χ1v) is 15.2. The number of piperidine rings is 1. The number of carbonyl (C=O) groups is 2. The zero-order chi connectivity index (χ0) is 30.1. The zero-order valence-corrected chi connectivity index (χ0v) is 24.6. The average Bonchev–Trinajstić information content (AvgIpc) is 3.07. The number of para-hydroxylation sites is 3. The van der Waals surface area contributed by atoms with Crippen molar-refractivity contribution in [3.8, 4) is 11.5 Å². The van der Waals surface area contributed by atoms with Crippen LogP contribution in [-0.2, 0) is 11.2 Å². The molecule has 220 valence electrons. The lowest BCUT2D eigenvalue weighted by atomic mass is 9.79. The zero-order valence-electron chi connectivity index (χ0n) is 24.6. The molecule has 1 atom stereocenters. The highest BCUT2D eigenvalue weighted by Gasteiger charge is 2.33. The van der Waals surface area contributed by atoms with Crippen LogP contribution in [0.25, 0.3) is 0 Å². The molecule has 6 rings (SSSR count). The lowest BCUT2D eigenvalue weighted by Gasteiger charge is -2.37. The van der Waals surface area contributed by atoms with Crippen molar-refractivity contribution in [1.82, 2.24) is 0 Å². The molecule has 5 heteroatoms. The summed E-state index contributed by atoms with van der Waals surface area (Å²) in [5.41, 5.74) is 4.56. The summed E-state index contributed by atoms with van der Waals surface area (Å²) >= 11 is 0. The third-order valence-corrected chi connectivity index (χ3v) is 8.32. The minimum Gasteiger partial charge on any atom is -0.457 e. The number of Topliss-reactive ketones (excluding diaryl/α,β-unsaturated/α-hetero) is 1. The molecule has 1 unspecified atom stereocenters. The SMILES string of the molecule is O=C(Cc1ccc(N2CCC(C(C(=O)Nc3ccccc3)c3ccccc3)CC2)cc1)c1ccccc1Oc1ccccc1. The molecule has 5 nitrogen and oxygen atoms in total. The maximum absolute atomic E-state index is 13.5. The number of hydrogen-bond donors (Lipinski definition) is 1. The van der Waals surface area contributed by atoms with E-state index in [4.69, 9.17) is 4.74 Å². The minimum absolute atomic E-state index is 0.0193. The van der Waals surface area contributed by atoms with E-state index in [1.165, 1.54) is 0 Å². The van der Waals surface area contributed by atoms with Gasteiger partial charge in [0.25, 0.3) is 0 Å². The fourth-order valence-corrected chi connectivity index (χ4v) is 6.04. The summed E-state index contributed by atoms with van der Waals surface area (Å²) in [7, 11) is 0. The molecule has 0 aliphatic carbocycles. The molecule has 5 aromatic rings. The minimum atomic E-state index is -0.208. The first-order chi connectivity index (χ1) is 21.6. The van der Waals surface area contributed by atoms with Crippen molar-refractivity contribution in [3.63, 3.8) is 0 Å². The van der Waals surface area contributed by atoms with Crippen molar-refractivity contribution in [3.05, 3.63) is 156 Å². The van der Waals surface area contributed by atoms with Crippen LogP contribution in [0.15, 0.2) is 140 Å². The van der Waals surface area contributed by atoms with Crippen molar-refractivity contribution in [2.45, 2.75) is 25.2 Å². The Kier molecular flexibility index (Phi) is 9.12. The van der Waals surface area contributed by atoms with Crippen LogP contribution < -0.4 is 15.0 Å². The van der Waals surface area contributed by atoms with Crippen molar-refractivity contribution in [2.75, 3.05) is 23.3 Å². The molecule has 0 radical (unpaired) electrons. The molecule has 1 N–H and O–H groups in total. The number of rotatable bonds is 10. The fourth-order valence-electron chi connectivity index (χ4n) is 6.04. The molecule has 1 heterocycles. The molecule has 5 aromatic carbocycles. The fraction of sp³-hybridized carbons (Fsp3) is 0.179. The molecular formula is C39H36N2O3. The number of nitrogens with one attached hydrogen (secondary N) is 1. The van der Waals surface area contributed by atoms with Gasteiger partial charge in [0.1, 0.15) is 11.5 Å². The highest BCUT2D eigenvalue weighted by atomic mass is 16.5. The van der Waals surface area contributed by atoms with Gasteiger partial charge in [-0.3, -0.25) is 9.59 Å². The Hall–Kier alpha value is -5.16. The van der Waals surface area contributed by atoms with Crippen LogP contribution in [0.1, 0.15) is 40.2 Å². The molecule has 0 spiro atoms. The smallest absolute Gasteiger partial charge is 0.232 e. The van der Waals surface area contributed by atoms with E-state index >= 15 is 0 Å². The van der Waals surface area contributed by atoms with Gasteiger partial charge in [0.15, 0.2) is 5.78 Å². The van der Waals surface area contributed by atoms with E-state index in [1.807, 2.05) is 115 Å². The third kappa shape index (κ3) is 7.07. The lowest BCUT2D eigenvalue weighted by Crippen LogP contribution is -2.38. The first-order valence-electron chi connectivity index (χ1n) is 15.2. The van der Waals surface area contributed by atoms with Crippen molar-refractivity contribution < 1.29 is 14.3 Å². The second-order valence-electron chi connectivity index (χ2n) is 11.2. The summed E-state index contributed by atoms with van der Waals surface area (Å²) in [6.45, 7) is 1.74. The van der Waals surface area contributed by atoms with Gasteiger partial charge in [-0.1, -0.05) is 91.0 Å². The average molecular weight is 581 g/mol. The van der Waals surface area contributed by atoms with Crippen molar-refractivity contribution >= 4 is 23.1 Å². The molecule has 1 aliphatic heterocycles. The summed E-state index contributed by atoms with van der Waals surface area (Å²) < 4.78 is 6.01. The molecule has 1 fully saturated rings. The van der Waals surface area contributed by atoms with Crippen LogP contribution in [0.4, 0.5) is 11.4 Å². The lowest BCUT2D eigenvalue weighted by molar-refractivity contribution is -0.119. The predicted octanol–water partition coefficient (Wildman–Crippen LogP) is 8.54. The van der Waals surface area contributed by atoms with E-state index in [0.717, 1.165) is 48.4 Å². The van der Waals surface area contributed by atoms with Gasteiger partial charge in [0.2, 0.25) is 5.91 Å². The van der Waals surface area contributed by atoms with Crippen LogP contribution in [0, 0.1) is 5.92 Å². The van der Waals surface area contributed by atoms with Gasteiger partial charge in [0.05, 0.1) is 11.5 Å². The number of hydrogen-bond acceptors (Lipinski definition) is 4. The standard InChI is InChI=1S/C39H36N2O3/c42-36(35-18-10-11-19-37(35)44-34-16-8-3-9-17-34)28-29-20-22-33(23-21-29)41-26-24-31(25-27-41)38(30-12-4-1-5-13-30)39(43)40-32-14-6-2-7-15-32/h1-23,31,38H,24-28H2,(H,40,43). The largest absolute Gasteiger partial charge is 0.457 e.